The van der Waals surface area contributed by atoms with Crippen molar-refractivity contribution in [1.82, 2.24) is 9.80 Å². The number of rotatable bonds is 4. The van der Waals surface area contributed by atoms with Gasteiger partial charge in [0.05, 0.1) is 19.3 Å². The number of methoxy groups -OCH3 is 1. The van der Waals surface area contributed by atoms with Crippen LogP contribution in [-0.4, -0.2) is 61.1 Å². The normalized spacial score (nSPS) is 25.0. The van der Waals surface area contributed by atoms with Crippen LogP contribution in [0.2, 0.25) is 0 Å². The molecule has 1 aromatic heterocycles. The van der Waals surface area contributed by atoms with Crippen LogP contribution in [0.5, 0.6) is 0 Å². The van der Waals surface area contributed by atoms with Crippen molar-refractivity contribution in [3.05, 3.63) is 24.2 Å². The molecule has 22 heavy (non-hydrogen) atoms. The summed E-state index contributed by atoms with van der Waals surface area (Å²) in [5.74, 6) is 0.933. The highest BCUT2D eigenvalue weighted by atomic mass is 16.5. The van der Waals surface area contributed by atoms with E-state index in [1.807, 2.05) is 17.0 Å². The van der Waals surface area contributed by atoms with E-state index in [0.717, 1.165) is 38.3 Å². The van der Waals surface area contributed by atoms with Crippen molar-refractivity contribution in [2.45, 2.75) is 43.7 Å². The van der Waals surface area contributed by atoms with Crippen LogP contribution in [0.3, 0.4) is 0 Å². The van der Waals surface area contributed by atoms with Crippen LogP contribution >= 0.6 is 0 Å². The maximum absolute atomic E-state index is 12.3. The molecule has 2 aliphatic heterocycles. The summed E-state index contributed by atoms with van der Waals surface area (Å²) in [6.45, 7) is 2.51. The third-order valence-corrected chi connectivity index (χ3v) is 5.55. The Kier molecular flexibility index (Phi) is 4.54. The molecule has 1 spiro atoms. The number of carbonyl (C=O) groups excluding carboxylic acids is 1. The first kappa shape index (κ1) is 15.6. The van der Waals surface area contributed by atoms with Gasteiger partial charge < -0.3 is 14.1 Å². The molecule has 0 aliphatic carbocycles. The van der Waals surface area contributed by atoms with Gasteiger partial charge in [-0.3, -0.25) is 9.69 Å². The van der Waals surface area contributed by atoms with Gasteiger partial charge in [-0.05, 0) is 44.9 Å². The van der Waals surface area contributed by atoms with E-state index in [-0.39, 0.29) is 11.4 Å². The molecule has 0 saturated carbocycles. The number of carbonyl (C=O) groups is 1. The second-order valence-electron chi connectivity index (χ2n) is 6.62. The molecule has 5 heteroatoms. The van der Waals surface area contributed by atoms with Crippen LogP contribution in [0.1, 0.15) is 31.4 Å². The number of amides is 1. The van der Waals surface area contributed by atoms with Crippen molar-refractivity contribution in [3.8, 4) is 0 Å². The minimum atomic E-state index is 0.180. The van der Waals surface area contributed by atoms with Gasteiger partial charge in [0.25, 0.3) is 0 Å². The lowest BCUT2D eigenvalue weighted by Crippen LogP contribution is -2.54. The Balaban J connectivity index is 1.55. The van der Waals surface area contributed by atoms with Crippen molar-refractivity contribution in [2.24, 2.45) is 0 Å². The zero-order chi connectivity index (χ0) is 15.6. The van der Waals surface area contributed by atoms with Crippen molar-refractivity contribution in [3.63, 3.8) is 0 Å². The number of furan rings is 1. The summed E-state index contributed by atoms with van der Waals surface area (Å²) in [5, 5.41) is 0. The van der Waals surface area contributed by atoms with Crippen molar-refractivity contribution < 1.29 is 13.9 Å². The Morgan fingerprint density at radius 1 is 1.41 bits per heavy atom. The van der Waals surface area contributed by atoms with Crippen LogP contribution < -0.4 is 0 Å². The van der Waals surface area contributed by atoms with E-state index in [9.17, 15) is 4.79 Å². The molecule has 2 saturated heterocycles. The summed E-state index contributed by atoms with van der Waals surface area (Å²) in [6, 6.07) is 4.22. The Bertz CT molecular complexity index is 492. The highest BCUT2D eigenvalue weighted by Gasteiger charge is 2.46. The molecule has 0 bridgehead atoms. The molecule has 1 aromatic rings. The first-order valence-electron chi connectivity index (χ1n) is 8.17. The monoisotopic (exact) mass is 306 g/mol. The second kappa shape index (κ2) is 6.42. The zero-order valence-electron chi connectivity index (χ0n) is 13.6. The van der Waals surface area contributed by atoms with E-state index in [1.165, 1.54) is 12.8 Å². The van der Waals surface area contributed by atoms with Gasteiger partial charge in [0.1, 0.15) is 5.76 Å². The summed E-state index contributed by atoms with van der Waals surface area (Å²) in [6.07, 6.45) is 6.54. The van der Waals surface area contributed by atoms with E-state index in [4.69, 9.17) is 9.15 Å². The predicted octanol–water partition coefficient (Wildman–Crippen LogP) is 1.92. The van der Waals surface area contributed by atoms with E-state index in [1.54, 1.807) is 13.4 Å². The molecule has 122 valence electrons. The van der Waals surface area contributed by atoms with Crippen LogP contribution in [0.25, 0.3) is 0 Å². The van der Waals surface area contributed by atoms with E-state index in [2.05, 4.69) is 11.9 Å². The predicted molar refractivity (Wildman–Crippen MR) is 83.6 cm³/mol. The fourth-order valence-corrected chi connectivity index (χ4v) is 4.03. The van der Waals surface area contributed by atoms with Gasteiger partial charge in [-0.25, -0.2) is 0 Å². The largest absolute Gasteiger partial charge is 0.469 e. The minimum absolute atomic E-state index is 0.180. The molecule has 1 atom stereocenters. The number of likely N-dealkylation sites (N-methyl/N-ethyl adjacent to an activating group) is 1. The molecular weight excluding hydrogens is 280 g/mol. The van der Waals surface area contributed by atoms with Gasteiger partial charge in [0.15, 0.2) is 0 Å². The van der Waals surface area contributed by atoms with Gasteiger partial charge in [-0.2, -0.15) is 0 Å². The standard InChI is InChI=1S/C17H26N2O3/c1-18-14(13-21-2)5-6-17(18)7-9-19(10-8-17)16(20)12-15-4-3-11-22-15/h3-4,11,14H,5-10,12-13H2,1-2H3. The van der Waals surface area contributed by atoms with Crippen molar-refractivity contribution >= 4 is 5.91 Å². The minimum Gasteiger partial charge on any atom is -0.469 e. The molecule has 3 heterocycles. The molecular formula is C17H26N2O3. The van der Waals surface area contributed by atoms with Crippen LogP contribution in [0, 0.1) is 0 Å². The Labute approximate surface area is 132 Å². The van der Waals surface area contributed by atoms with Gasteiger partial charge in [-0.1, -0.05) is 0 Å². The Hall–Kier alpha value is -1.33. The lowest BCUT2D eigenvalue weighted by atomic mass is 9.85. The number of piperidine rings is 1. The number of ether oxygens (including phenoxy) is 1. The molecule has 3 rings (SSSR count). The molecule has 1 amide bonds. The number of likely N-dealkylation sites (tertiary alicyclic amines) is 2. The molecule has 2 aliphatic rings. The number of nitrogens with zero attached hydrogens (tertiary/aromatic N) is 2. The SMILES string of the molecule is COCC1CCC2(CCN(C(=O)Cc3ccco3)CC2)N1C. The van der Waals surface area contributed by atoms with Crippen LogP contribution in [-0.2, 0) is 16.0 Å². The summed E-state index contributed by atoms with van der Waals surface area (Å²) in [5.41, 5.74) is 0.269. The molecule has 0 radical (unpaired) electrons. The van der Waals surface area contributed by atoms with Gasteiger partial charge in [-0.15, -0.1) is 0 Å². The molecule has 1 unspecified atom stereocenters. The highest BCUT2D eigenvalue weighted by Crippen LogP contribution is 2.40. The van der Waals surface area contributed by atoms with Crippen molar-refractivity contribution in [1.29, 1.82) is 0 Å². The molecule has 0 N–H and O–H groups in total. The van der Waals surface area contributed by atoms with E-state index >= 15 is 0 Å². The molecule has 0 aromatic carbocycles. The fraction of sp³-hybridized carbons (Fsp3) is 0.706. The van der Waals surface area contributed by atoms with Gasteiger partial charge in [0, 0.05) is 31.8 Å². The quantitative estimate of drug-likeness (QED) is 0.852. The number of hydrogen-bond donors (Lipinski definition) is 0. The summed E-state index contributed by atoms with van der Waals surface area (Å²) in [4.78, 5) is 16.8. The third kappa shape index (κ3) is 2.92. The maximum atomic E-state index is 12.3. The lowest BCUT2D eigenvalue weighted by molar-refractivity contribution is -0.133. The summed E-state index contributed by atoms with van der Waals surface area (Å²) in [7, 11) is 3.99. The molecule has 2 fully saturated rings. The maximum Gasteiger partial charge on any atom is 0.230 e. The van der Waals surface area contributed by atoms with Gasteiger partial charge >= 0.3 is 0 Å². The van der Waals surface area contributed by atoms with Gasteiger partial charge in [0.2, 0.25) is 5.91 Å². The number of hydrogen-bond acceptors (Lipinski definition) is 4. The summed E-state index contributed by atoms with van der Waals surface area (Å²) >= 11 is 0. The highest BCUT2D eigenvalue weighted by molar-refractivity contribution is 5.78. The Morgan fingerprint density at radius 3 is 2.82 bits per heavy atom. The zero-order valence-corrected chi connectivity index (χ0v) is 13.6. The smallest absolute Gasteiger partial charge is 0.230 e. The van der Waals surface area contributed by atoms with Crippen LogP contribution in [0.4, 0.5) is 0 Å². The van der Waals surface area contributed by atoms with Crippen LogP contribution in [0.15, 0.2) is 22.8 Å². The lowest BCUT2D eigenvalue weighted by Gasteiger charge is -2.45. The third-order valence-electron chi connectivity index (χ3n) is 5.55. The Morgan fingerprint density at radius 2 is 2.18 bits per heavy atom. The second-order valence-corrected chi connectivity index (χ2v) is 6.62. The van der Waals surface area contributed by atoms with Crippen molar-refractivity contribution in [2.75, 3.05) is 33.9 Å². The molecule has 5 nitrogen and oxygen atoms in total. The van der Waals surface area contributed by atoms with E-state index < -0.39 is 0 Å². The topological polar surface area (TPSA) is 45.9 Å². The average Bonchev–Trinajstić information content (AvgIpc) is 3.13. The first-order valence-corrected chi connectivity index (χ1v) is 8.17. The van der Waals surface area contributed by atoms with E-state index in [0.29, 0.717) is 12.5 Å². The first-order chi connectivity index (χ1) is 10.6. The summed E-state index contributed by atoms with van der Waals surface area (Å²) < 4.78 is 10.6. The average molecular weight is 306 g/mol. The fourth-order valence-electron chi connectivity index (χ4n) is 4.03.